The summed E-state index contributed by atoms with van der Waals surface area (Å²) in [7, 11) is -1.70. The zero-order valence-corrected chi connectivity index (χ0v) is 10.9. The zero-order valence-electron chi connectivity index (χ0n) is 9.30. The van der Waals surface area contributed by atoms with Crippen molar-refractivity contribution in [2.45, 2.75) is 23.5 Å². The average molecular weight is 263 g/mol. The number of hydrogen-bond acceptors (Lipinski definition) is 4. The first kappa shape index (κ1) is 13.6. The van der Waals surface area contributed by atoms with Gasteiger partial charge in [-0.15, -0.1) is 11.3 Å². The third kappa shape index (κ3) is 3.55. The van der Waals surface area contributed by atoms with E-state index in [0.717, 1.165) is 19.3 Å². The first-order valence-corrected chi connectivity index (χ1v) is 7.51. The molecular weight excluding hydrogens is 246 g/mol. The maximum Gasteiger partial charge on any atom is 0.252 e. The number of rotatable bonds is 7. The van der Waals surface area contributed by atoms with Crippen molar-refractivity contribution in [1.82, 2.24) is 4.31 Å². The molecule has 0 aliphatic rings. The molecule has 0 amide bonds. The van der Waals surface area contributed by atoms with Gasteiger partial charge in [0.15, 0.2) is 0 Å². The quantitative estimate of drug-likeness (QED) is 0.759. The smallest absolute Gasteiger partial charge is 0.252 e. The standard InChI is InChI=1S/C10H17NO3S2/c1-11(7-3-2-4-8-12)16(13,14)10-6-5-9-15-10/h5-6,9,12H,2-4,7-8H2,1H3. The van der Waals surface area contributed by atoms with Crippen LogP contribution in [0.4, 0.5) is 0 Å². The lowest BCUT2D eigenvalue weighted by molar-refractivity contribution is 0.281. The first-order valence-electron chi connectivity index (χ1n) is 5.19. The molecule has 0 aliphatic heterocycles. The fourth-order valence-corrected chi connectivity index (χ4v) is 3.72. The molecule has 0 bridgehead atoms. The normalized spacial score (nSPS) is 12.2. The molecule has 1 aromatic rings. The number of unbranched alkanes of at least 4 members (excludes halogenated alkanes) is 2. The van der Waals surface area contributed by atoms with E-state index in [4.69, 9.17) is 5.11 Å². The minimum absolute atomic E-state index is 0.168. The summed E-state index contributed by atoms with van der Waals surface area (Å²) in [6.45, 7) is 0.668. The van der Waals surface area contributed by atoms with E-state index in [1.54, 1.807) is 24.6 Å². The van der Waals surface area contributed by atoms with Crippen LogP contribution in [0, 0.1) is 0 Å². The molecule has 0 aliphatic carbocycles. The Morgan fingerprint density at radius 3 is 2.69 bits per heavy atom. The summed E-state index contributed by atoms with van der Waals surface area (Å²) in [6, 6.07) is 3.35. The van der Waals surface area contributed by atoms with Crippen molar-refractivity contribution in [1.29, 1.82) is 0 Å². The van der Waals surface area contributed by atoms with Gasteiger partial charge in [-0.1, -0.05) is 6.07 Å². The predicted octanol–water partition coefficient (Wildman–Crippen LogP) is 1.53. The lowest BCUT2D eigenvalue weighted by Gasteiger charge is -2.15. The zero-order chi connectivity index (χ0) is 12.0. The third-order valence-corrected chi connectivity index (χ3v) is 5.52. The SMILES string of the molecule is CN(CCCCCO)S(=O)(=O)c1cccs1. The number of hydrogen-bond donors (Lipinski definition) is 1. The second kappa shape index (κ2) is 6.34. The van der Waals surface area contributed by atoms with Crippen molar-refractivity contribution in [2.24, 2.45) is 0 Å². The molecule has 0 aromatic carbocycles. The van der Waals surface area contributed by atoms with Crippen LogP contribution in [0.5, 0.6) is 0 Å². The van der Waals surface area contributed by atoms with E-state index in [2.05, 4.69) is 0 Å². The topological polar surface area (TPSA) is 57.6 Å². The highest BCUT2D eigenvalue weighted by molar-refractivity contribution is 7.91. The van der Waals surface area contributed by atoms with Gasteiger partial charge in [-0.25, -0.2) is 12.7 Å². The minimum atomic E-state index is -3.29. The number of aliphatic hydroxyl groups excluding tert-OH is 1. The maximum atomic E-state index is 11.9. The summed E-state index contributed by atoms with van der Waals surface area (Å²) >= 11 is 1.23. The van der Waals surface area contributed by atoms with E-state index >= 15 is 0 Å². The molecule has 1 rings (SSSR count). The van der Waals surface area contributed by atoms with E-state index in [0.29, 0.717) is 10.8 Å². The van der Waals surface area contributed by atoms with Crippen LogP contribution in [0.25, 0.3) is 0 Å². The van der Waals surface area contributed by atoms with Crippen LogP contribution in [-0.4, -0.2) is 38.0 Å². The first-order chi connectivity index (χ1) is 7.59. The molecule has 0 saturated carbocycles. The van der Waals surface area contributed by atoms with Crippen LogP contribution >= 0.6 is 11.3 Å². The van der Waals surface area contributed by atoms with Crippen molar-refractivity contribution in [3.05, 3.63) is 17.5 Å². The second-order valence-corrected chi connectivity index (χ2v) is 6.76. The van der Waals surface area contributed by atoms with E-state index < -0.39 is 10.0 Å². The maximum absolute atomic E-state index is 11.9. The van der Waals surface area contributed by atoms with Crippen molar-refractivity contribution < 1.29 is 13.5 Å². The van der Waals surface area contributed by atoms with Crippen LogP contribution in [0.2, 0.25) is 0 Å². The summed E-state index contributed by atoms with van der Waals surface area (Å²) in [5.74, 6) is 0. The number of aliphatic hydroxyl groups is 1. The number of sulfonamides is 1. The number of thiophene rings is 1. The fraction of sp³-hybridized carbons (Fsp3) is 0.600. The molecule has 0 radical (unpaired) electrons. The van der Waals surface area contributed by atoms with Gasteiger partial charge in [-0.3, -0.25) is 0 Å². The van der Waals surface area contributed by atoms with Crippen molar-refractivity contribution in [3.8, 4) is 0 Å². The van der Waals surface area contributed by atoms with E-state index in [9.17, 15) is 8.42 Å². The fourth-order valence-electron chi connectivity index (χ4n) is 1.31. The molecule has 0 saturated heterocycles. The van der Waals surface area contributed by atoms with Gasteiger partial charge in [0.05, 0.1) is 0 Å². The highest BCUT2D eigenvalue weighted by atomic mass is 32.2. The summed E-state index contributed by atoms with van der Waals surface area (Å²) in [4.78, 5) is 0. The lowest BCUT2D eigenvalue weighted by atomic mass is 10.2. The molecule has 6 heteroatoms. The molecule has 1 N–H and O–H groups in total. The Hall–Kier alpha value is -0.430. The largest absolute Gasteiger partial charge is 0.396 e. The highest BCUT2D eigenvalue weighted by Crippen LogP contribution is 2.19. The molecule has 0 unspecified atom stereocenters. The average Bonchev–Trinajstić information content (AvgIpc) is 2.77. The molecule has 1 heterocycles. The third-order valence-electron chi connectivity index (χ3n) is 2.29. The van der Waals surface area contributed by atoms with Gasteiger partial charge in [0.25, 0.3) is 10.0 Å². The Morgan fingerprint density at radius 1 is 1.38 bits per heavy atom. The van der Waals surface area contributed by atoms with Crippen LogP contribution in [-0.2, 0) is 10.0 Å². The molecule has 0 atom stereocenters. The van der Waals surface area contributed by atoms with Crippen molar-refractivity contribution in [3.63, 3.8) is 0 Å². The van der Waals surface area contributed by atoms with Gasteiger partial charge >= 0.3 is 0 Å². The Balaban J connectivity index is 2.50. The summed E-state index contributed by atoms with van der Waals surface area (Å²) < 4.78 is 25.6. The van der Waals surface area contributed by atoms with Crippen molar-refractivity contribution >= 4 is 21.4 Å². The minimum Gasteiger partial charge on any atom is -0.396 e. The van der Waals surface area contributed by atoms with Crippen LogP contribution in [0.1, 0.15) is 19.3 Å². The summed E-state index contributed by atoms with van der Waals surface area (Å²) in [5, 5.41) is 10.4. The monoisotopic (exact) mass is 263 g/mol. The van der Waals surface area contributed by atoms with E-state index in [1.165, 1.54) is 15.6 Å². The molecule has 0 spiro atoms. The van der Waals surface area contributed by atoms with Gasteiger partial charge in [-0.2, -0.15) is 0 Å². The molecule has 16 heavy (non-hydrogen) atoms. The van der Waals surface area contributed by atoms with Gasteiger partial charge in [-0.05, 0) is 30.7 Å². The Morgan fingerprint density at radius 2 is 2.12 bits per heavy atom. The molecule has 4 nitrogen and oxygen atoms in total. The second-order valence-electron chi connectivity index (χ2n) is 3.54. The molecule has 0 fully saturated rings. The van der Waals surface area contributed by atoms with Crippen LogP contribution in [0.15, 0.2) is 21.7 Å². The lowest BCUT2D eigenvalue weighted by Crippen LogP contribution is -2.27. The summed E-state index contributed by atoms with van der Waals surface area (Å²) in [6.07, 6.45) is 2.36. The highest BCUT2D eigenvalue weighted by Gasteiger charge is 2.20. The van der Waals surface area contributed by atoms with Crippen LogP contribution < -0.4 is 0 Å². The molecule has 1 aromatic heterocycles. The Kier molecular flexibility index (Phi) is 5.40. The van der Waals surface area contributed by atoms with Gasteiger partial charge in [0.1, 0.15) is 4.21 Å². The number of nitrogens with zero attached hydrogens (tertiary/aromatic N) is 1. The molecular formula is C10H17NO3S2. The van der Waals surface area contributed by atoms with Crippen LogP contribution in [0.3, 0.4) is 0 Å². The Labute approximate surface area is 101 Å². The summed E-state index contributed by atoms with van der Waals surface area (Å²) in [5.41, 5.74) is 0. The van der Waals surface area contributed by atoms with E-state index in [1.807, 2.05) is 0 Å². The van der Waals surface area contributed by atoms with Crippen molar-refractivity contribution in [2.75, 3.05) is 20.2 Å². The van der Waals surface area contributed by atoms with E-state index in [-0.39, 0.29) is 6.61 Å². The van der Waals surface area contributed by atoms with Gasteiger partial charge in [0.2, 0.25) is 0 Å². The molecule has 92 valence electrons. The Bertz CT molecular complexity index is 386. The predicted molar refractivity (Wildman–Crippen MR) is 65.1 cm³/mol. The van der Waals surface area contributed by atoms with Gasteiger partial charge in [0, 0.05) is 20.2 Å². The van der Waals surface area contributed by atoms with Gasteiger partial charge < -0.3 is 5.11 Å².